The molecule has 3 rings (SSSR count). The van der Waals surface area contributed by atoms with Crippen molar-refractivity contribution >= 4 is 23.8 Å². The summed E-state index contributed by atoms with van der Waals surface area (Å²) in [7, 11) is 0. The lowest BCUT2D eigenvalue weighted by Crippen LogP contribution is -2.42. The summed E-state index contributed by atoms with van der Waals surface area (Å²) in [6, 6.07) is 5.25. The Morgan fingerprint density at radius 2 is 1.76 bits per heavy atom. The first kappa shape index (κ1) is 13.3. The lowest BCUT2D eigenvalue weighted by molar-refractivity contribution is -0.147. The number of rotatable bonds is 3. The zero-order valence-corrected chi connectivity index (χ0v) is 10.8. The van der Waals surface area contributed by atoms with E-state index in [0.717, 1.165) is 4.90 Å². The van der Waals surface area contributed by atoms with Gasteiger partial charge in [0.1, 0.15) is 12.1 Å². The smallest absolute Gasteiger partial charge is 0.329 e. The summed E-state index contributed by atoms with van der Waals surface area (Å²) in [6.45, 7) is 0. The normalized spacial score (nSPS) is 24.2. The molecule has 0 aliphatic carbocycles. The molecule has 1 N–H and O–H groups in total. The third kappa shape index (κ3) is 2.06. The average Bonchev–Trinajstić information content (AvgIpc) is 2.89. The van der Waals surface area contributed by atoms with Crippen LogP contribution in [0.15, 0.2) is 24.3 Å². The van der Waals surface area contributed by atoms with Crippen molar-refractivity contribution in [2.24, 2.45) is 0 Å². The number of carbonyl (C=O) groups is 4. The van der Waals surface area contributed by atoms with Gasteiger partial charge in [0, 0.05) is 6.42 Å². The van der Waals surface area contributed by atoms with E-state index < -0.39 is 35.9 Å². The van der Waals surface area contributed by atoms with E-state index in [1.807, 2.05) is 0 Å². The van der Waals surface area contributed by atoms with Crippen LogP contribution in [0.2, 0.25) is 0 Å². The molecule has 7 nitrogen and oxygen atoms in total. The number of nitrogens with zero attached hydrogens (tertiary/aromatic N) is 1. The number of aliphatic carboxylic acids is 1. The van der Waals surface area contributed by atoms with E-state index in [1.54, 1.807) is 12.1 Å². The summed E-state index contributed by atoms with van der Waals surface area (Å²) in [5, 5.41) is 8.72. The van der Waals surface area contributed by atoms with Gasteiger partial charge in [0.2, 0.25) is 0 Å². The van der Waals surface area contributed by atoms with Crippen LogP contribution in [0, 0.1) is 0 Å². The number of esters is 1. The first-order chi connectivity index (χ1) is 9.99. The molecular weight excluding hydrogens is 278 g/mol. The predicted octanol–water partition coefficient (Wildman–Crippen LogP) is 0.441. The molecule has 21 heavy (non-hydrogen) atoms. The third-order valence-electron chi connectivity index (χ3n) is 3.58. The molecule has 2 unspecified atom stereocenters. The Morgan fingerprint density at radius 3 is 2.29 bits per heavy atom. The zero-order valence-electron chi connectivity index (χ0n) is 10.8. The van der Waals surface area contributed by atoms with Crippen LogP contribution in [-0.2, 0) is 14.3 Å². The topological polar surface area (TPSA) is 101 Å². The molecule has 1 fully saturated rings. The Hall–Kier alpha value is -2.70. The third-order valence-corrected chi connectivity index (χ3v) is 3.58. The van der Waals surface area contributed by atoms with E-state index in [2.05, 4.69) is 0 Å². The van der Waals surface area contributed by atoms with E-state index >= 15 is 0 Å². The summed E-state index contributed by atoms with van der Waals surface area (Å²) in [4.78, 5) is 47.9. The highest BCUT2D eigenvalue weighted by atomic mass is 16.6. The number of fused-ring (bicyclic) bond motifs is 1. The van der Waals surface area contributed by atoms with Gasteiger partial charge in [0.15, 0.2) is 0 Å². The molecule has 2 aliphatic heterocycles. The van der Waals surface area contributed by atoms with Gasteiger partial charge in [-0.3, -0.25) is 19.3 Å². The Labute approximate surface area is 119 Å². The molecule has 2 amide bonds. The van der Waals surface area contributed by atoms with Crippen molar-refractivity contribution in [1.82, 2.24) is 4.90 Å². The molecule has 108 valence electrons. The average molecular weight is 289 g/mol. The van der Waals surface area contributed by atoms with Gasteiger partial charge in [0.25, 0.3) is 11.8 Å². The molecule has 0 radical (unpaired) electrons. The molecule has 7 heteroatoms. The van der Waals surface area contributed by atoms with Crippen molar-refractivity contribution in [3.63, 3.8) is 0 Å². The second-order valence-electron chi connectivity index (χ2n) is 4.93. The Bertz CT molecular complexity index is 632. The first-order valence-corrected chi connectivity index (χ1v) is 6.38. The summed E-state index contributed by atoms with van der Waals surface area (Å²) in [5.74, 6) is -2.94. The number of imide groups is 1. The fourth-order valence-corrected chi connectivity index (χ4v) is 2.66. The minimum Gasteiger partial charge on any atom is -0.481 e. The highest BCUT2D eigenvalue weighted by molar-refractivity contribution is 6.22. The highest BCUT2D eigenvalue weighted by Gasteiger charge is 2.48. The van der Waals surface area contributed by atoms with Gasteiger partial charge in [-0.15, -0.1) is 0 Å². The lowest BCUT2D eigenvalue weighted by Gasteiger charge is -2.18. The van der Waals surface area contributed by atoms with Gasteiger partial charge in [0.05, 0.1) is 17.5 Å². The molecular formula is C14H11NO6. The van der Waals surface area contributed by atoms with E-state index in [4.69, 9.17) is 9.84 Å². The number of ether oxygens (including phenoxy) is 1. The number of amides is 2. The van der Waals surface area contributed by atoms with Crippen molar-refractivity contribution in [2.45, 2.75) is 25.0 Å². The van der Waals surface area contributed by atoms with Crippen LogP contribution in [0.4, 0.5) is 0 Å². The van der Waals surface area contributed by atoms with Crippen molar-refractivity contribution in [3.05, 3.63) is 35.4 Å². The predicted molar refractivity (Wildman–Crippen MR) is 67.5 cm³/mol. The van der Waals surface area contributed by atoms with Gasteiger partial charge >= 0.3 is 11.9 Å². The Balaban J connectivity index is 1.86. The number of carbonyl (C=O) groups excluding carboxylic acids is 3. The SMILES string of the molecule is O=C(O)CC1CC(N2C(=O)c3ccccc3C2=O)C(=O)O1. The lowest BCUT2D eigenvalue weighted by atomic mass is 10.1. The molecule has 2 aliphatic rings. The van der Waals surface area contributed by atoms with Gasteiger partial charge in [-0.05, 0) is 12.1 Å². The van der Waals surface area contributed by atoms with Crippen molar-refractivity contribution in [1.29, 1.82) is 0 Å². The Morgan fingerprint density at radius 1 is 1.19 bits per heavy atom. The molecule has 1 saturated heterocycles. The fraction of sp³-hybridized carbons (Fsp3) is 0.286. The molecule has 0 spiro atoms. The summed E-state index contributed by atoms with van der Waals surface area (Å²) in [6.07, 6.45) is -1.15. The minimum absolute atomic E-state index is 0.0105. The second kappa shape index (κ2) is 4.69. The molecule has 0 bridgehead atoms. The van der Waals surface area contributed by atoms with Crippen LogP contribution < -0.4 is 0 Å². The quantitative estimate of drug-likeness (QED) is 0.640. The van der Waals surface area contributed by atoms with Gasteiger partial charge in [-0.1, -0.05) is 12.1 Å². The maximum absolute atomic E-state index is 12.2. The van der Waals surface area contributed by atoms with Gasteiger partial charge in [-0.2, -0.15) is 0 Å². The maximum Gasteiger partial charge on any atom is 0.329 e. The van der Waals surface area contributed by atoms with Crippen LogP contribution in [0.5, 0.6) is 0 Å². The van der Waals surface area contributed by atoms with Crippen molar-refractivity contribution in [2.75, 3.05) is 0 Å². The monoisotopic (exact) mass is 289 g/mol. The maximum atomic E-state index is 12.2. The number of hydrogen-bond acceptors (Lipinski definition) is 5. The number of benzene rings is 1. The molecule has 1 aromatic rings. The van der Waals surface area contributed by atoms with Gasteiger partial charge in [-0.25, -0.2) is 4.79 Å². The van der Waals surface area contributed by atoms with E-state index in [0.29, 0.717) is 0 Å². The largest absolute Gasteiger partial charge is 0.481 e. The fourth-order valence-electron chi connectivity index (χ4n) is 2.66. The summed E-state index contributed by atoms with van der Waals surface area (Å²) in [5.41, 5.74) is 0.494. The standard InChI is InChI=1S/C14H11NO6/c16-11(17)6-7-5-10(14(20)21-7)15-12(18)8-3-1-2-4-9(8)13(15)19/h1-4,7,10H,5-6H2,(H,16,17). The van der Waals surface area contributed by atoms with Crippen molar-refractivity contribution < 1.29 is 29.0 Å². The van der Waals surface area contributed by atoms with Crippen LogP contribution in [-0.4, -0.2) is 45.9 Å². The number of cyclic esters (lactones) is 1. The molecule has 0 aromatic heterocycles. The van der Waals surface area contributed by atoms with E-state index in [1.165, 1.54) is 12.1 Å². The summed E-state index contributed by atoms with van der Waals surface area (Å²) >= 11 is 0. The minimum atomic E-state index is -1.10. The Kier molecular flexibility index (Phi) is 2.97. The number of carboxylic acid groups (broad SMARTS) is 1. The van der Waals surface area contributed by atoms with E-state index in [-0.39, 0.29) is 24.0 Å². The van der Waals surface area contributed by atoms with Crippen LogP contribution >= 0.6 is 0 Å². The summed E-state index contributed by atoms with van der Waals surface area (Å²) < 4.78 is 4.93. The molecule has 0 saturated carbocycles. The van der Waals surface area contributed by atoms with Crippen LogP contribution in [0.1, 0.15) is 33.6 Å². The number of hydrogen-bond donors (Lipinski definition) is 1. The zero-order chi connectivity index (χ0) is 15.1. The van der Waals surface area contributed by atoms with E-state index in [9.17, 15) is 19.2 Å². The second-order valence-corrected chi connectivity index (χ2v) is 4.93. The molecule has 2 heterocycles. The first-order valence-electron chi connectivity index (χ1n) is 6.38. The van der Waals surface area contributed by atoms with Crippen LogP contribution in [0.25, 0.3) is 0 Å². The number of carboxylic acids is 1. The highest BCUT2D eigenvalue weighted by Crippen LogP contribution is 2.30. The molecule has 1 aromatic carbocycles. The molecule has 2 atom stereocenters. The van der Waals surface area contributed by atoms with Crippen molar-refractivity contribution in [3.8, 4) is 0 Å². The van der Waals surface area contributed by atoms with Crippen LogP contribution in [0.3, 0.4) is 0 Å². The van der Waals surface area contributed by atoms with Gasteiger partial charge < -0.3 is 9.84 Å².